The molecule has 8 nitrogen and oxygen atoms in total. The van der Waals surface area contributed by atoms with Crippen molar-refractivity contribution in [2.24, 2.45) is 0 Å². The van der Waals surface area contributed by atoms with Crippen LogP contribution >= 0.6 is 0 Å². The fourth-order valence-corrected chi connectivity index (χ4v) is 3.94. The zero-order chi connectivity index (χ0) is 17.0. The summed E-state index contributed by atoms with van der Waals surface area (Å²) in [7, 11) is 0. The zero-order valence-corrected chi connectivity index (χ0v) is 13.4. The highest BCUT2D eigenvalue weighted by Gasteiger charge is 2.32. The van der Waals surface area contributed by atoms with Gasteiger partial charge in [0, 0.05) is 31.7 Å². The van der Waals surface area contributed by atoms with E-state index in [1.165, 1.54) is 25.0 Å². The van der Waals surface area contributed by atoms with Gasteiger partial charge in [-0.15, -0.1) is 5.10 Å². The molecule has 1 aromatic carbocycles. The number of fused-ring (bicyclic) bond motifs is 4. The molecule has 1 unspecified atom stereocenters. The Morgan fingerprint density at radius 3 is 3.04 bits per heavy atom. The normalized spacial score (nSPS) is 21.0. The second-order valence-electron chi connectivity index (χ2n) is 6.56. The summed E-state index contributed by atoms with van der Waals surface area (Å²) in [6, 6.07) is 5.10. The average molecular weight is 338 g/mol. The monoisotopic (exact) mass is 338 g/mol. The molecule has 9 heteroatoms. The van der Waals surface area contributed by atoms with Crippen molar-refractivity contribution in [3.8, 4) is 6.07 Å². The average Bonchev–Trinajstić information content (AvgIpc) is 3.29. The number of aromatic nitrogens is 5. The van der Waals surface area contributed by atoms with E-state index in [-0.39, 0.29) is 5.56 Å². The topological polar surface area (TPSA) is 86.2 Å². The van der Waals surface area contributed by atoms with E-state index in [9.17, 15) is 4.39 Å². The van der Waals surface area contributed by atoms with Gasteiger partial charge in [0.05, 0.1) is 16.6 Å². The van der Waals surface area contributed by atoms with Crippen LogP contribution in [0.5, 0.6) is 0 Å². The Labute approximate surface area is 142 Å². The Balaban J connectivity index is 1.67. The van der Waals surface area contributed by atoms with Crippen molar-refractivity contribution < 1.29 is 4.39 Å². The van der Waals surface area contributed by atoms with Gasteiger partial charge in [-0.2, -0.15) is 9.78 Å². The molecule has 126 valence electrons. The van der Waals surface area contributed by atoms with Crippen LogP contribution in [-0.4, -0.2) is 62.1 Å². The molecule has 0 bridgehead atoms. The molecule has 0 amide bonds. The SMILES string of the molecule is N#Cc1cc2c(cc1F)nc(N1CCN3CCCC3C1)c1nnnn12. The lowest BCUT2D eigenvalue weighted by atomic mass is 10.1. The summed E-state index contributed by atoms with van der Waals surface area (Å²) >= 11 is 0. The fraction of sp³-hybridized carbons (Fsp3) is 0.438. The first-order chi connectivity index (χ1) is 12.2. The molecule has 1 atom stereocenters. The lowest BCUT2D eigenvalue weighted by Gasteiger charge is -2.38. The van der Waals surface area contributed by atoms with Crippen LogP contribution in [0.4, 0.5) is 10.2 Å². The highest BCUT2D eigenvalue weighted by molar-refractivity contribution is 5.83. The van der Waals surface area contributed by atoms with Crippen molar-refractivity contribution in [2.75, 3.05) is 31.1 Å². The fourth-order valence-electron chi connectivity index (χ4n) is 3.94. The number of tetrazole rings is 1. The van der Waals surface area contributed by atoms with Crippen LogP contribution in [0.2, 0.25) is 0 Å². The number of rotatable bonds is 1. The number of nitrogens with zero attached hydrogens (tertiary/aromatic N) is 8. The van der Waals surface area contributed by atoms with Gasteiger partial charge in [-0.3, -0.25) is 4.90 Å². The van der Waals surface area contributed by atoms with E-state index in [1.54, 1.807) is 4.52 Å². The summed E-state index contributed by atoms with van der Waals surface area (Å²) in [6.07, 6.45) is 2.42. The molecule has 2 aromatic heterocycles. The number of piperazine rings is 1. The van der Waals surface area contributed by atoms with Crippen LogP contribution in [0.1, 0.15) is 18.4 Å². The first-order valence-corrected chi connectivity index (χ1v) is 8.35. The molecule has 2 fully saturated rings. The quantitative estimate of drug-likeness (QED) is 0.653. The minimum atomic E-state index is -0.582. The molecule has 2 aliphatic heterocycles. The molecule has 3 aromatic rings. The van der Waals surface area contributed by atoms with Crippen LogP contribution in [0.3, 0.4) is 0 Å². The predicted molar refractivity (Wildman–Crippen MR) is 87.6 cm³/mol. The molecular weight excluding hydrogens is 323 g/mol. The zero-order valence-electron chi connectivity index (χ0n) is 13.4. The molecule has 25 heavy (non-hydrogen) atoms. The lowest BCUT2D eigenvalue weighted by molar-refractivity contribution is 0.230. The Bertz CT molecular complexity index is 1020. The number of halogens is 1. The van der Waals surface area contributed by atoms with Crippen LogP contribution in [0.15, 0.2) is 12.1 Å². The Morgan fingerprint density at radius 1 is 1.24 bits per heavy atom. The predicted octanol–water partition coefficient (Wildman–Crippen LogP) is 0.968. The first kappa shape index (κ1) is 14.5. The molecule has 4 heterocycles. The van der Waals surface area contributed by atoms with Gasteiger partial charge in [0.1, 0.15) is 11.9 Å². The molecule has 5 rings (SSSR count). The maximum Gasteiger partial charge on any atom is 0.222 e. The molecule has 2 aliphatic rings. The summed E-state index contributed by atoms with van der Waals surface area (Å²) in [4.78, 5) is 9.34. The number of benzene rings is 1. The Hall–Kier alpha value is -2.86. The first-order valence-electron chi connectivity index (χ1n) is 8.35. The van der Waals surface area contributed by atoms with Crippen molar-refractivity contribution in [3.05, 3.63) is 23.5 Å². The number of anilines is 1. The molecule has 0 spiro atoms. The molecule has 0 radical (unpaired) electrons. The van der Waals surface area contributed by atoms with Gasteiger partial charge in [-0.25, -0.2) is 9.37 Å². The standard InChI is InChI=1S/C16H15FN8/c17-12-7-13-14(6-10(12)8-18)25-16(20-21-22-25)15(19-13)24-5-4-23-3-1-2-11(23)9-24/h6-7,11H,1-5,9H2. The summed E-state index contributed by atoms with van der Waals surface area (Å²) in [5.41, 5.74) is 1.47. The van der Waals surface area contributed by atoms with Crippen molar-refractivity contribution in [1.82, 2.24) is 29.9 Å². The summed E-state index contributed by atoms with van der Waals surface area (Å²) in [5.74, 6) is 0.0923. The second-order valence-corrected chi connectivity index (χ2v) is 6.56. The third kappa shape index (κ3) is 2.14. The maximum absolute atomic E-state index is 14.1. The van der Waals surface area contributed by atoms with Gasteiger partial charge < -0.3 is 4.90 Å². The van der Waals surface area contributed by atoms with E-state index in [4.69, 9.17) is 5.26 Å². The van der Waals surface area contributed by atoms with Crippen molar-refractivity contribution in [1.29, 1.82) is 5.26 Å². The van der Waals surface area contributed by atoms with E-state index in [1.807, 2.05) is 6.07 Å². The molecule has 0 saturated carbocycles. The largest absolute Gasteiger partial charge is 0.351 e. The molecule has 0 N–H and O–H groups in total. The number of hydrogen-bond donors (Lipinski definition) is 0. The molecule has 2 saturated heterocycles. The van der Waals surface area contributed by atoms with Gasteiger partial charge >= 0.3 is 0 Å². The van der Waals surface area contributed by atoms with Gasteiger partial charge in [-0.1, -0.05) is 0 Å². The van der Waals surface area contributed by atoms with Gasteiger partial charge in [0.2, 0.25) is 5.65 Å². The third-order valence-electron chi connectivity index (χ3n) is 5.20. The van der Waals surface area contributed by atoms with Crippen LogP contribution in [-0.2, 0) is 0 Å². The van der Waals surface area contributed by atoms with E-state index >= 15 is 0 Å². The minimum Gasteiger partial charge on any atom is -0.351 e. The highest BCUT2D eigenvalue weighted by atomic mass is 19.1. The van der Waals surface area contributed by atoms with E-state index in [0.717, 1.165) is 26.2 Å². The van der Waals surface area contributed by atoms with Crippen LogP contribution in [0, 0.1) is 17.1 Å². The van der Waals surface area contributed by atoms with E-state index < -0.39 is 5.82 Å². The van der Waals surface area contributed by atoms with Gasteiger partial charge in [0.15, 0.2) is 5.82 Å². The Kier molecular flexibility index (Phi) is 3.08. The lowest BCUT2D eigenvalue weighted by Crippen LogP contribution is -2.50. The van der Waals surface area contributed by atoms with Crippen LogP contribution < -0.4 is 4.90 Å². The third-order valence-corrected chi connectivity index (χ3v) is 5.20. The van der Waals surface area contributed by atoms with Crippen LogP contribution in [0.25, 0.3) is 16.7 Å². The number of nitriles is 1. The molecular formula is C16H15FN8. The van der Waals surface area contributed by atoms with Crippen molar-refractivity contribution in [3.63, 3.8) is 0 Å². The molecule has 0 aliphatic carbocycles. The summed E-state index contributed by atoms with van der Waals surface area (Å²) in [6.45, 7) is 3.86. The number of hydrogen-bond acceptors (Lipinski definition) is 7. The van der Waals surface area contributed by atoms with E-state index in [0.29, 0.717) is 28.5 Å². The minimum absolute atomic E-state index is 0.0431. The highest BCUT2D eigenvalue weighted by Crippen LogP contribution is 2.28. The van der Waals surface area contributed by atoms with Gasteiger partial charge in [0.25, 0.3) is 0 Å². The maximum atomic E-state index is 14.1. The van der Waals surface area contributed by atoms with Crippen molar-refractivity contribution in [2.45, 2.75) is 18.9 Å². The Morgan fingerprint density at radius 2 is 2.16 bits per heavy atom. The van der Waals surface area contributed by atoms with Crippen molar-refractivity contribution >= 4 is 22.5 Å². The van der Waals surface area contributed by atoms with E-state index in [2.05, 4.69) is 30.3 Å². The smallest absolute Gasteiger partial charge is 0.222 e. The second kappa shape index (κ2) is 5.32. The summed E-state index contributed by atoms with van der Waals surface area (Å²) in [5, 5.41) is 21.0. The van der Waals surface area contributed by atoms with Gasteiger partial charge in [-0.05, 0) is 35.9 Å². The summed E-state index contributed by atoms with van der Waals surface area (Å²) < 4.78 is 15.6.